The summed E-state index contributed by atoms with van der Waals surface area (Å²) in [5.74, 6) is -0.207. The Morgan fingerprint density at radius 1 is 1.23 bits per heavy atom. The number of hydrogen-bond acceptors (Lipinski definition) is 2. The Morgan fingerprint density at radius 2 is 1.92 bits per heavy atom. The zero-order chi connectivity index (χ0) is 10.1. The van der Waals surface area contributed by atoms with E-state index in [1.807, 2.05) is 0 Å². The van der Waals surface area contributed by atoms with Crippen LogP contribution in [0.5, 0.6) is 0 Å². The Balaban J connectivity index is 3.67. The molecule has 13 heavy (non-hydrogen) atoms. The van der Waals surface area contributed by atoms with E-state index in [4.69, 9.17) is 0 Å². The molecule has 0 amide bonds. The van der Waals surface area contributed by atoms with E-state index in [0.717, 1.165) is 24.8 Å². The molecule has 0 aliphatic heterocycles. The summed E-state index contributed by atoms with van der Waals surface area (Å²) in [5.41, 5.74) is 0.765. The zero-order valence-corrected chi connectivity index (χ0v) is 8.73. The lowest BCUT2D eigenvalue weighted by Crippen LogP contribution is -1.98. The Kier molecular flexibility index (Phi) is 7.94. The van der Waals surface area contributed by atoms with Crippen LogP contribution in [0.15, 0.2) is 11.4 Å². The van der Waals surface area contributed by atoms with E-state index in [1.165, 1.54) is 0 Å². The monoisotopic (exact) mass is 190 g/mol. The van der Waals surface area contributed by atoms with E-state index in [2.05, 4.69) is 16.7 Å². The van der Waals surface area contributed by atoms with Crippen LogP contribution in [0.4, 0.5) is 4.39 Å². The standard InChI is InChI=1S/C10H19FO2/c1-4-6-7-9(3)10(11)8-13-12-5-2/h4-8H2,1-3H3. The van der Waals surface area contributed by atoms with E-state index in [-0.39, 0.29) is 12.4 Å². The third kappa shape index (κ3) is 6.72. The van der Waals surface area contributed by atoms with Crippen LogP contribution in [0.3, 0.4) is 0 Å². The fraction of sp³-hybridized carbons (Fsp3) is 0.800. The number of unbranched alkanes of at least 4 members (excludes halogenated alkanes) is 1. The molecule has 0 radical (unpaired) electrons. The van der Waals surface area contributed by atoms with Gasteiger partial charge in [-0.3, -0.25) is 0 Å². The van der Waals surface area contributed by atoms with E-state index in [9.17, 15) is 4.39 Å². The molecule has 0 N–H and O–H groups in total. The Morgan fingerprint density at radius 3 is 2.46 bits per heavy atom. The maximum atomic E-state index is 13.1. The summed E-state index contributed by atoms with van der Waals surface area (Å²) < 4.78 is 13.1. The molecule has 0 rings (SSSR count). The smallest absolute Gasteiger partial charge is 0.134 e. The molecule has 3 heteroatoms. The molecule has 0 fully saturated rings. The second-order valence-electron chi connectivity index (χ2n) is 2.96. The van der Waals surface area contributed by atoms with Crippen molar-refractivity contribution in [1.82, 2.24) is 0 Å². The van der Waals surface area contributed by atoms with Crippen molar-refractivity contribution in [3.05, 3.63) is 11.4 Å². The van der Waals surface area contributed by atoms with Gasteiger partial charge < -0.3 is 0 Å². The lowest BCUT2D eigenvalue weighted by molar-refractivity contribution is -0.286. The molecule has 0 spiro atoms. The van der Waals surface area contributed by atoms with Gasteiger partial charge in [0.1, 0.15) is 12.4 Å². The fourth-order valence-electron chi connectivity index (χ4n) is 0.878. The fourth-order valence-corrected chi connectivity index (χ4v) is 0.878. The minimum Gasteiger partial charge on any atom is -0.237 e. The van der Waals surface area contributed by atoms with Gasteiger partial charge >= 0.3 is 0 Å². The van der Waals surface area contributed by atoms with Gasteiger partial charge in [-0.1, -0.05) is 13.3 Å². The Hall–Kier alpha value is -0.410. The summed E-state index contributed by atoms with van der Waals surface area (Å²) in [7, 11) is 0. The summed E-state index contributed by atoms with van der Waals surface area (Å²) in [6.07, 6.45) is 2.91. The van der Waals surface area contributed by atoms with Crippen LogP contribution < -0.4 is 0 Å². The molecule has 0 aliphatic rings. The first-order chi connectivity index (χ1) is 6.22. The Labute approximate surface area is 79.7 Å². The number of rotatable bonds is 7. The molecule has 0 bridgehead atoms. The van der Waals surface area contributed by atoms with Crippen LogP contribution in [0.2, 0.25) is 0 Å². The van der Waals surface area contributed by atoms with E-state index in [1.54, 1.807) is 13.8 Å². The molecule has 0 aromatic rings. The molecule has 78 valence electrons. The lowest BCUT2D eigenvalue weighted by atomic mass is 10.1. The van der Waals surface area contributed by atoms with Gasteiger partial charge in [0.15, 0.2) is 0 Å². The summed E-state index contributed by atoms with van der Waals surface area (Å²) in [6, 6.07) is 0. The van der Waals surface area contributed by atoms with Crippen LogP contribution in [-0.2, 0) is 9.78 Å². The van der Waals surface area contributed by atoms with Crippen LogP contribution in [-0.4, -0.2) is 13.2 Å². The van der Waals surface area contributed by atoms with Gasteiger partial charge in [-0.25, -0.2) is 14.2 Å². The molecule has 0 aliphatic carbocycles. The highest BCUT2D eigenvalue weighted by Crippen LogP contribution is 2.13. The quantitative estimate of drug-likeness (QED) is 0.348. The number of allylic oxidation sites excluding steroid dienone is 1. The number of halogens is 1. The van der Waals surface area contributed by atoms with E-state index < -0.39 is 0 Å². The van der Waals surface area contributed by atoms with Gasteiger partial charge in [0.05, 0.1) is 6.61 Å². The predicted octanol–water partition coefficient (Wildman–Crippen LogP) is 3.39. The maximum absolute atomic E-state index is 13.1. The van der Waals surface area contributed by atoms with Crippen molar-refractivity contribution in [1.29, 1.82) is 0 Å². The highest BCUT2D eigenvalue weighted by Gasteiger charge is 2.01. The molecule has 0 unspecified atom stereocenters. The minimum absolute atomic E-state index is 0.0661. The number of hydrogen-bond donors (Lipinski definition) is 0. The molecule has 0 saturated carbocycles. The normalized spacial score (nSPS) is 12.9. The molecule has 2 nitrogen and oxygen atoms in total. The van der Waals surface area contributed by atoms with Crippen molar-refractivity contribution in [2.24, 2.45) is 0 Å². The van der Waals surface area contributed by atoms with Gasteiger partial charge in [-0.05, 0) is 32.3 Å². The van der Waals surface area contributed by atoms with Gasteiger partial charge in [0, 0.05) is 0 Å². The van der Waals surface area contributed by atoms with Gasteiger partial charge in [-0.15, -0.1) is 0 Å². The van der Waals surface area contributed by atoms with Crippen molar-refractivity contribution in [3.8, 4) is 0 Å². The van der Waals surface area contributed by atoms with Gasteiger partial charge in [-0.2, -0.15) is 0 Å². The van der Waals surface area contributed by atoms with Crippen molar-refractivity contribution < 1.29 is 14.2 Å². The van der Waals surface area contributed by atoms with Crippen molar-refractivity contribution in [2.75, 3.05) is 13.2 Å². The highest BCUT2D eigenvalue weighted by atomic mass is 19.1. The van der Waals surface area contributed by atoms with Crippen LogP contribution in [0.1, 0.15) is 40.0 Å². The second-order valence-corrected chi connectivity index (χ2v) is 2.96. The zero-order valence-electron chi connectivity index (χ0n) is 8.73. The average Bonchev–Trinajstić information content (AvgIpc) is 2.14. The molecular weight excluding hydrogens is 171 g/mol. The molecular formula is C10H19FO2. The van der Waals surface area contributed by atoms with Crippen LogP contribution >= 0.6 is 0 Å². The molecule has 0 aromatic heterocycles. The topological polar surface area (TPSA) is 18.5 Å². The highest BCUT2D eigenvalue weighted by molar-refractivity contribution is 5.04. The summed E-state index contributed by atoms with van der Waals surface area (Å²) >= 11 is 0. The Bertz CT molecular complexity index is 155. The van der Waals surface area contributed by atoms with E-state index >= 15 is 0 Å². The van der Waals surface area contributed by atoms with Crippen molar-refractivity contribution in [3.63, 3.8) is 0 Å². The maximum Gasteiger partial charge on any atom is 0.134 e. The van der Waals surface area contributed by atoms with Crippen LogP contribution in [0.25, 0.3) is 0 Å². The molecule has 0 saturated heterocycles. The average molecular weight is 190 g/mol. The van der Waals surface area contributed by atoms with Gasteiger partial charge in [0.2, 0.25) is 0 Å². The minimum atomic E-state index is -0.207. The lowest BCUT2D eigenvalue weighted by Gasteiger charge is -2.03. The first-order valence-electron chi connectivity index (χ1n) is 4.80. The van der Waals surface area contributed by atoms with Gasteiger partial charge in [0.25, 0.3) is 0 Å². The molecule has 0 heterocycles. The summed E-state index contributed by atoms with van der Waals surface area (Å²) in [4.78, 5) is 9.20. The second kappa shape index (κ2) is 8.20. The third-order valence-electron chi connectivity index (χ3n) is 1.76. The van der Waals surface area contributed by atoms with Crippen molar-refractivity contribution >= 4 is 0 Å². The SMILES string of the molecule is CCCCC(C)=C(F)COOCC. The summed E-state index contributed by atoms with van der Waals surface area (Å²) in [5, 5.41) is 0. The predicted molar refractivity (Wildman–Crippen MR) is 50.9 cm³/mol. The molecule has 0 atom stereocenters. The largest absolute Gasteiger partial charge is 0.237 e. The molecule has 0 aromatic carbocycles. The van der Waals surface area contributed by atoms with E-state index in [0.29, 0.717) is 6.61 Å². The first-order valence-corrected chi connectivity index (χ1v) is 4.80. The first kappa shape index (κ1) is 12.6. The van der Waals surface area contributed by atoms with Crippen molar-refractivity contribution in [2.45, 2.75) is 40.0 Å². The third-order valence-corrected chi connectivity index (χ3v) is 1.76. The summed E-state index contributed by atoms with van der Waals surface area (Å²) in [6.45, 7) is 6.05. The van der Waals surface area contributed by atoms with Crippen LogP contribution in [0, 0.1) is 0 Å².